The van der Waals surface area contributed by atoms with Crippen LogP contribution >= 0.6 is 15.9 Å². The number of hydrogen-bond acceptors (Lipinski definition) is 3. The first-order chi connectivity index (χ1) is 9.43. The Bertz CT molecular complexity index is 491. The van der Waals surface area contributed by atoms with Gasteiger partial charge in [-0.05, 0) is 44.4 Å². The number of halogens is 1. The molecule has 0 saturated heterocycles. The molecule has 0 aliphatic heterocycles. The number of aliphatic hydroxyl groups excluding tert-OH is 1. The standard InChI is InChI=1S/C14H19BrN2O3/c1-9-5-6-11(8-12(9)15)17-14(20)13(19)16-10(2)4-3-7-18/h5-6,8,10,18H,3-4,7H2,1-2H3,(H,16,19)(H,17,20). The van der Waals surface area contributed by atoms with E-state index in [9.17, 15) is 9.59 Å². The maximum Gasteiger partial charge on any atom is 0.313 e. The van der Waals surface area contributed by atoms with Crippen LogP contribution in [0.25, 0.3) is 0 Å². The fourth-order valence-electron chi connectivity index (χ4n) is 1.62. The van der Waals surface area contributed by atoms with E-state index in [0.29, 0.717) is 18.5 Å². The first kappa shape index (κ1) is 16.7. The number of aliphatic hydroxyl groups is 1. The molecule has 1 aromatic carbocycles. The Balaban J connectivity index is 2.53. The molecular formula is C14H19BrN2O3. The zero-order valence-corrected chi connectivity index (χ0v) is 13.2. The number of carbonyl (C=O) groups excluding carboxylic acids is 2. The molecular weight excluding hydrogens is 324 g/mol. The third-order valence-corrected chi connectivity index (χ3v) is 3.66. The highest BCUT2D eigenvalue weighted by atomic mass is 79.9. The Morgan fingerprint density at radius 2 is 2.05 bits per heavy atom. The molecule has 0 bridgehead atoms. The first-order valence-electron chi connectivity index (χ1n) is 6.43. The molecule has 0 aliphatic rings. The number of carbonyl (C=O) groups is 2. The molecule has 0 fully saturated rings. The van der Waals surface area contributed by atoms with Crippen LogP contribution in [-0.4, -0.2) is 29.6 Å². The molecule has 20 heavy (non-hydrogen) atoms. The van der Waals surface area contributed by atoms with Crippen molar-refractivity contribution in [3.8, 4) is 0 Å². The SMILES string of the molecule is Cc1ccc(NC(=O)C(=O)NC(C)CCCO)cc1Br. The van der Waals surface area contributed by atoms with Crippen molar-refractivity contribution < 1.29 is 14.7 Å². The van der Waals surface area contributed by atoms with Gasteiger partial charge in [0.05, 0.1) is 0 Å². The molecule has 2 amide bonds. The molecule has 0 radical (unpaired) electrons. The van der Waals surface area contributed by atoms with Gasteiger partial charge in [-0.2, -0.15) is 0 Å². The molecule has 0 saturated carbocycles. The summed E-state index contributed by atoms with van der Waals surface area (Å²) in [6.45, 7) is 3.80. The van der Waals surface area contributed by atoms with E-state index in [1.165, 1.54) is 0 Å². The van der Waals surface area contributed by atoms with E-state index in [1.807, 2.05) is 13.0 Å². The summed E-state index contributed by atoms with van der Waals surface area (Å²) in [5.74, 6) is -1.37. The van der Waals surface area contributed by atoms with Crippen molar-refractivity contribution in [3.05, 3.63) is 28.2 Å². The van der Waals surface area contributed by atoms with Crippen LogP contribution in [-0.2, 0) is 9.59 Å². The fraction of sp³-hybridized carbons (Fsp3) is 0.429. The van der Waals surface area contributed by atoms with Crippen LogP contribution in [0.3, 0.4) is 0 Å². The number of anilines is 1. The molecule has 0 spiro atoms. The van der Waals surface area contributed by atoms with Gasteiger partial charge in [-0.1, -0.05) is 22.0 Å². The van der Waals surface area contributed by atoms with Crippen molar-refractivity contribution in [1.82, 2.24) is 5.32 Å². The number of nitrogens with one attached hydrogen (secondary N) is 2. The Morgan fingerprint density at radius 3 is 2.65 bits per heavy atom. The maximum absolute atomic E-state index is 11.7. The minimum absolute atomic E-state index is 0.0732. The molecule has 1 unspecified atom stereocenters. The lowest BCUT2D eigenvalue weighted by Gasteiger charge is -2.13. The maximum atomic E-state index is 11.7. The Labute approximate surface area is 126 Å². The smallest absolute Gasteiger partial charge is 0.313 e. The molecule has 0 aromatic heterocycles. The zero-order chi connectivity index (χ0) is 15.1. The lowest BCUT2D eigenvalue weighted by molar-refractivity contribution is -0.136. The number of amides is 2. The predicted molar refractivity (Wildman–Crippen MR) is 81.4 cm³/mol. The average molecular weight is 343 g/mol. The van der Waals surface area contributed by atoms with Crippen molar-refractivity contribution in [1.29, 1.82) is 0 Å². The van der Waals surface area contributed by atoms with Crippen LogP contribution < -0.4 is 10.6 Å². The van der Waals surface area contributed by atoms with E-state index < -0.39 is 11.8 Å². The Morgan fingerprint density at radius 1 is 1.35 bits per heavy atom. The largest absolute Gasteiger partial charge is 0.396 e. The Hall–Kier alpha value is -1.40. The molecule has 1 rings (SSSR count). The molecule has 0 heterocycles. The highest BCUT2D eigenvalue weighted by Crippen LogP contribution is 2.20. The molecule has 1 aromatic rings. The van der Waals surface area contributed by atoms with Gasteiger partial charge in [0.25, 0.3) is 0 Å². The minimum atomic E-state index is -0.698. The molecule has 0 aliphatic carbocycles. The van der Waals surface area contributed by atoms with Crippen LogP contribution in [0.1, 0.15) is 25.3 Å². The van der Waals surface area contributed by atoms with Gasteiger partial charge in [0.15, 0.2) is 0 Å². The number of rotatable bonds is 5. The highest BCUT2D eigenvalue weighted by molar-refractivity contribution is 9.10. The summed E-state index contributed by atoms with van der Waals surface area (Å²) in [6.07, 6.45) is 1.22. The van der Waals surface area contributed by atoms with Crippen molar-refractivity contribution >= 4 is 33.4 Å². The van der Waals surface area contributed by atoms with E-state index in [2.05, 4.69) is 26.6 Å². The summed E-state index contributed by atoms with van der Waals surface area (Å²) in [6, 6.07) is 5.18. The quantitative estimate of drug-likeness (QED) is 0.716. The van der Waals surface area contributed by atoms with Crippen LogP contribution in [0.5, 0.6) is 0 Å². The van der Waals surface area contributed by atoms with E-state index >= 15 is 0 Å². The Kier molecular flexibility index (Phi) is 6.67. The van der Waals surface area contributed by atoms with Crippen molar-refractivity contribution in [2.75, 3.05) is 11.9 Å². The summed E-state index contributed by atoms with van der Waals surface area (Å²) < 4.78 is 0.868. The van der Waals surface area contributed by atoms with Crippen molar-refractivity contribution in [3.63, 3.8) is 0 Å². The zero-order valence-electron chi connectivity index (χ0n) is 11.6. The normalized spacial score (nSPS) is 11.8. The second-order valence-corrected chi connectivity index (χ2v) is 5.51. The van der Waals surface area contributed by atoms with E-state index in [4.69, 9.17) is 5.11 Å². The molecule has 6 heteroatoms. The van der Waals surface area contributed by atoms with Gasteiger partial charge in [-0.25, -0.2) is 0 Å². The predicted octanol–water partition coefficient (Wildman–Crippen LogP) is 1.97. The lowest BCUT2D eigenvalue weighted by Crippen LogP contribution is -2.40. The topological polar surface area (TPSA) is 78.4 Å². The summed E-state index contributed by atoms with van der Waals surface area (Å²) in [5, 5.41) is 13.8. The number of hydrogen-bond donors (Lipinski definition) is 3. The van der Waals surface area contributed by atoms with Gasteiger partial charge in [0.1, 0.15) is 0 Å². The van der Waals surface area contributed by atoms with Gasteiger partial charge < -0.3 is 15.7 Å². The highest BCUT2D eigenvalue weighted by Gasteiger charge is 2.16. The minimum Gasteiger partial charge on any atom is -0.396 e. The lowest BCUT2D eigenvalue weighted by atomic mass is 10.2. The second kappa shape index (κ2) is 8.01. The summed E-state index contributed by atoms with van der Waals surface area (Å²) in [4.78, 5) is 23.4. The monoisotopic (exact) mass is 342 g/mol. The second-order valence-electron chi connectivity index (χ2n) is 4.66. The number of aryl methyl sites for hydroxylation is 1. The number of benzene rings is 1. The first-order valence-corrected chi connectivity index (χ1v) is 7.22. The van der Waals surface area contributed by atoms with E-state index in [1.54, 1.807) is 19.1 Å². The van der Waals surface area contributed by atoms with Crippen molar-refractivity contribution in [2.24, 2.45) is 0 Å². The summed E-state index contributed by atoms with van der Waals surface area (Å²) in [7, 11) is 0. The van der Waals surface area contributed by atoms with Crippen LogP contribution in [0, 0.1) is 6.92 Å². The third-order valence-electron chi connectivity index (χ3n) is 2.81. The molecule has 3 N–H and O–H groups in total. The van der Waals surface area contributed by atoms with Gasteiger partial charge in [-0.3, -0.25) is 9.59 Å². The molecule has 1 atom stereocenters. The van der Waals surface area contributed by atoms with Crippen LogP contribution in [0.15, 0.2) is 22.7 Å². The molecule has 110 valence electrons. The summed E-state index contributed by atoms with van der Waals surface area (Å²) in [5.41, 5.74) is 1.61. The molecule has 5 nitrogen and oxygen atoms in total. The van der Waals surface area contributed by atoms with E-state index in [0.717, 1.165) is 10.0 Å². The van der Waals surface area contributed by atoms with Crippen LogP contribution in [0.4, 0.5) is 5.69 Å². The van der Waals surface area contributed by atoms with Gasteiger partial charge >= 0.3 is 11.8 Å². The van der Waals surface area contributed by atoms with Crippen LogP contribution in [0.2, 0.25) is 0 Å². The fourth-order valence-corrected chi connectivity index (χ4v) is 2.00. The third kappa shape index (κ3) is 5.30. The van der Waals surface area contributed by atoms with E-state index in [-0.39, 0.29) is 12.6 Å². The van der Waals surface area contributed by atoms with Gasteiger partial charge in [-0.15, -0.1) is 0 Å². The van der Waals surface area contributed by atoms with Gasteiger partial charge in [0.2, 0.25) is 0 Å². The van der Waals surface area contributed by atoms with Gasteiger partial charge in [0, 0.05) is 22.8 Å². The van der Waals surface area contributed by atoms with Crippen molar-refractivity contribution in [2.45, 2.75) is 32.7 Å². The average Bonchev–Trinajstić information content (AvgIpc) is 2.40. The summed E-state index contributed by atoms with van der Waals surface area (Å²) >= 11 is 3.37.